The van der Waals surface area contributed by atoms with Crippen molar-refractivity contribution < 1.29 is 18.4 Å². The fraction of sp³-hybridized carbons (Fsp3) is 0.143. The molecule has 0 N–H and O–H groups in total. The number of alkyl halides is 1. The summed E-state index contributed by atoms with van der Waals surface area (Å²) < 4.78 is 28.8. The third kappa shape index (κ3) is 7.97. The predicted octanol–water partition coefficient (Wildman–Crippen LogP) is 11.0. The Morgan fingerprint density at radius 2 is 1.20 bits per heavy atom. The van der Waals surface area contributed by atoms with Crippen molar-refractivity contribution in [3.05, 3.63) is 118 Å². The monoisotopic (exact) mass is 906 g/mol. The maximum atomic E-state index is 13.4. The van der Waals surface area contributed by atoms with Gasteiger partial charge in [-0.2, -0.15) is 3.93 Å². The fourth-order valence-electron chi connectivity index (χ4n) is 4.81. The number of carbonyl (C=O) groups is 2. The zero-order valence-electron chi connectivity index (χ0n) is 26.4. The number of benzene rings is 4. The van der Waals surface area contributed by atoms with Crippen LogP contribution < -0.4 is 0 Å². The molecular weight excluding hydrogens is 885 g/mol. The largest absolute Gasteiger partial charge is 0.348 e. The lowest BCUT2D eigenvalue weighted by molar-refractivity contribution is -0.127. The normalized spacial score (nSPS) is 13.6. The van der Waals surface area contributed by atoms with Gasteiger partial charge in [-0.1, -0.05) is 75.5 Å². The third-order valence-electron chi connectivity index (χ3n) is 7.39. The van der Waals surface area contributed by atoms with Gasteiger partial charge in [0, 0.05) is 16.5 Å². The number of nitrogens with zero attached hydrogens (tertiary/aromatic N) is 6. The summed E-state index contributed by atoms with van der Waals surface area (Å²) in [6, 6.07) is 23.1. The minimum absolute atomic E-state index is 0.278. The predicted molar refractivity (Wildman–Crippen MR) is 203 cm³/mol. The molecule has 1 saturated heterocycles. The molecule has 2 aromatic heterocycles. The molecule has 0 bridgehead atoms. The van der Waals surface area contributed by atoms with Gasteiger partial charge in [-0.25, -0.2) is 37.4 Å². The van der Waals surface area contributed by atoms with Crippen molar-refractivity contribution in [3.63, 3.8) is 0 Å². The van der Waals surface area contributed by atoms with E-state index < -0.39 is 11.6 Å². The van der Waals surface area contributed by atoms with E-state index in [1.165, 1.54) is 28.2 Å². The van der Waals surface area contributed by atoms with E-state index in [1.54, 1.807) is 38.1 Å². The van der Waals surface area contributed by atoms with E-state index in [1.807, 2.05) is 43.3 Å². The minimum Gasteiger partial charge on any atom is -0.271 e. The van der Waals surface area contributed by atoms with E-state index in [0.29, 0.717) is 48.9 Å². The fourth-order valence-corrected chi connectivity index (χ4v) is 6.74. The van der Waals surface area contributed by atoms with Gasteiger partial charge in [-0.05, 0) is 69.3 Å². The summed E-state index contributed by atoms with van der Waals surface area (Å²) in [5, 5.41) is 1.62. The summed E-state index contributed by atoms with van der Waals surface area (Å²) in [6.45, 7) is 5.17. The second-order valence-electron chi connectivity index (χ2n) is 11.3. The molecule has 256 valence electrons. The van der Waals surface area contributed by atoms with Gasteiger partial charge in [0.25, 0.3) is 5.91 Å². The second-order valence-corrected chi connectivity index (χ2v) is 14.0. The summed E-state index contributed by atoms with van der Waals surface area (Å²) in [7, 11) is 0. The Hall–Kier alpha value is -3.62. The summed E-state index contributed by atoms with van der Waals surface area (Å²) in [4.78, 5) is 40.4. The Morgan fingerprint density at radius 1 is 0.720 bits per heavy atom. The molecule has 0 saturated carbocycles. The molecule has 3 heterocycles. The van der Waals surface area contributed by atoms with E-state index in [9.17, 15) is 18.4 Å². The van der Waals surface area contributed by atoms with Crippen molar-refractivity contribution >= 4 is 105 Å². The number of rotatable bonds is 3. The van der Waals surface area contributed by atoms with Gasteiger partial charge in [0.1, 0.15) is 28.2 Å². The van der Waals surface area contributed by atoms with E-state index in [-0.39, 0.29) is 17.5 Å². The zero-order chi connectivity index (χ0) is 36.3. The SMILES string of the molecule is CC1(C)C(=O)N(Br)C(=O)N1Br.Cc1nc2cccc(Cl)c2nc1-c1cccc(F)c1.Fc1cccc(-c2nc3c(Cl)cccc3nc2CBr)c1. The molecule has 1 fully saturated rings. The quantitative estimate of drug-likeness (QED) is 0.0998. The molecule has 1 aliphatic rings. The number of hydrogen-bond acceptors (Lipinski definition) is 6. The second kappa shape index (κ2) is 15.7. The van der Waals surface area contributed by atoms with Gasteiger partial charge in [-0.3, -0.25) is 4.79 Å². The Bertz CT molecular complexity index is 2260. The van der Waals surface area contributed by atoms with E-state index in [4.69, 9.17) is 23.2 Å². The molecule has 0 atom stereocenters. The van der Waals surface area contributed by atoms with Crippen molar-refractivity contribution in [1.29, 1.82) is 0 Å². The van der Waals surface area contributed by atoms with Crippen LogP contribution in [0.25, 0.3) is 44.6 Å². The van der Waals surface area contributed by atoms with Crippen LogP contribution in [-0.4, -0.2) is 45.3 Å². The highest BCUT2D eigenvalue weighted by atomic mass is 79.9. The van der Waals surface area contributed by atoms with E-state index in [2.05, 4.69) is 68.2 Å². The average molecular weight is 910 g/mol. The van der Waals surface area contributed by atoms with Crippen LogP contribution in [0, 0.1) is 18.6 Å². The van der Waals surface area contributed by atoms with Gasteiger partial charge in [0.2, 0.25) is 0 Å². The van der Waals surface area contributed by atoms with Crippen LogP contribution in [0.4, 0.5) is 13.6 Å². The summed E-state index contributed by atoms with van der Waals surface area (Å²) in [5.41, 5.74) is 6.11. The van der Waals surface area contributed by atoms with Gasteiger partial charge in [-0.15, -0.1) is 0 Å². The van der Waals surface area contributed by atoms with Gasteiger partial charge < -0.3 is 0 Å². The molecule has 50 heavy (non-hydrogen) atoms. The molecule has 3 amide bonds. The first kappa shape index (κ1) is 37.6. The number of hydrogen-bond donors (Lipinski definition) is 0. The van der Waals surface area contributed by atoms with Crippen molar-refractivity contribution in [2.75, 3.05) is 0 Å². The lowest BCUT2D eigenvalue weighted by atomic mass is 10.1. The Balaban J connectivity index is 0.000000152. The smallest absolute Gasteiger partial charge is 0.271 e. The van der Waals surface area contributed by atoms with Crippen LogP contribution in [0.15, 0.2) is 84.9 Å². The number of fused-ring (bicyclic) bond motifs is 2. The Labute approximate surface area is 321 Å². The molecule has 8 nitrogen and oxygen atoms in total. The molecule has 7 rings (SSSR count). The van der Waals surface area contributed by atoms with Crippen LogP contribution in [0.3, 0.4) is 0 Å². The number of urea groups is 1. The number of carbonyl (C=O) groups excluding carboxylic acids is 2. The van der Waals surface area contributed by atoms with Crippen LogP contribution in [0.1, 0.15) is 25.2 Å². The molecule has 6 aromatic rings. The third-order valence-corrected chi connectivity index (χ3v) is 10.3. The molecule has 0 unspecified atom stereocenters. The molecule has 0 aliphatic carbocycles. The number of aromatic nitrogens is 4. The minimum atomic E-state index is -0.805. The van der Waals surface area contributed by atoms with Crippen molar-refractivity contribution in [1.82, 2.24) is 27.8 Å². The first-order chi connectivity index (χ1) is 23.7. The number of aryl methyl sites for hydroxylation is 1. The van der Waals surface area contributed by atoms with E-state index in [0.717, 1.165) is 26.3 Å². The standard InChI is InChI=1S/C15H9BrClFN2.C15H10ClFN2.C5H6Br2N2O2/c16-8-13-14(9-3-1-4-10(18)7-9)20-15-11(17)5-2-6-12(15)19-13;1-9-14(10-4-2-5-11(17)8-10)19-15-12(16)6-3-7-13(15)18-9;1-5(2)3(10)8(6)4(11)9(5)7/h1-7H,8H2;2-8H,1H3;1-2H3. The van der Waals surface area contributed by atoms with Gasteiger partial charge >= 0.3 is 6.03 Å². The summed E-state index contributed by atoms with van der Waals surface area (Å²) in [5.74, 6) is -0.874. The average Bonchev–Trinajstić information content (AvgIpc) is 3.22. The van der Waals surface area contributed by atoms with Crippen LogP contribution in [0.2, 0.25) is 10.0 Å². The van der Waals surface area contributed by atoms with Gasteiger partial charge in [0.05, 0.1) is 76.1 Å². The lowest BCUT2D eigenvalue weighted by Crippen LogP contribution is -2.37. The van der Waals surface area contributed by atoms with Crippen molar-refractivity contribution in [2.24, 2.45) is 0 Å². The molecule has 4 aromatic carbocycles. The number of amides is 3. The summed E-state index contributed by atoms with van der Waals surface area (Å²) >= 11 is 21.5. The molecular formula is C35H25Br3Cl2F2N6O2. The number of halogens is 7. The van der Waals surface area contributed by atoms with Crippen molar-refractivity contribution in [2.45, 2.75) is 31.6 Å². The highest BCUT2D eigenvalue weighted by Gasteiger charge is 2.50. The highest BCUT2D eigenvalue weighted by molar-refractivity contribution is 9.09. The van der Waals surface area contributed by atoms with Crippen LogP contribution in [0.5, 0.6) is 0 Å². The number of imide groups is 1. The van der Waals surface area contributed by atoms with Crippen LogP contribution >= 0.6 is 71.4 Å². The molecule has 1 aliphatic heterocycles. The summed E-state index contributed by atoms with van der Waals surface area (Å²) in [6.07, 6.45) is 0. The topological polar surface area (TPSA) is 92.2 Å². The first-order valence-corrected chi connectivity index (χ1v) is 18.0. The van der Waals surface area contributed by atoms with Crippen molar-refractivity contribution in [3.8, 4) is 22.5 Å². The first-order valence-electron chi connectivity index (χ1n) is 14.7. The molecule has 0 spiro atoms. The van der Waals surface area contributed by atoms with Crippen LogP contribution in [-0.2, 0) is 10.1 Å². The highest BCUT2D eigenvalue weighted by Crippen LogP contribution is 2.32. The zero-order valence-corrected chi connectivity index (χ0v) is 32.7. The van der Waals surface area contributed by atoms with Gasteiger partial charge in [0.15, 0.2) is 0 Å². The molecule has 0 radical (unpaired) electrons. The molecule has 15 heteroatoms. The Kier molecular flexibility index (Phi) is 11.8. The lowest BCUT2D eigenvalue weighted by Gasteiger charge is -2.19. The number of para-hydroxylation sites is 2. The van der Waals surface area contributed by atoms with E-state index >= 15 is 0 Å². The Morgan fingerprint density at radius 3 is 1.64 bits per heavy atom. The maximum Gasteiger partial charge on any atom is 0.348 e. The maximum absolute atomic E-state index is 13.4.